The Morgan fingerprint density at radius 3 is 2.67 bits per heavy atom. The summed E-state index contributed by atoms with van der Waals surface area (Å²) in [6.07, 6.45) is 2.63. The van der Waals surface area contributed by atoms with Crippen molar-refractivity contribution in [2.75, 3.05) is 33.3 Å². The summed E-state index contributed by atoms with van der Waals surface area (Å²) in [4.78, 5) is 30.5. The average molecular weight is 527 g/mol. The Morgan fingerprint density at radius 1 is 1.27 bits per heavy atom. The maximum atomic E-state index is 12.2. The minimum Gasteiger partial charge on any atom is -0.493 e. The molecule has 164 valence electrons. The molecule has 1 aromatic rings. The quantitative estimate of drug-likeness (QED) is 0.242. The molecule has 2 unspecified atom stereocenters. The van der Waals surface area contributed by atoms with E-state index in [1.807, 2.05) is 19.1 Å². The van der Waals surface area contributed by atoms with E-state index in [2.05, 4.69) is 38.0 Å². The summed E-state index contributed by atoms with van der Waals surface area (Å²) in [6.45, 7) is 4.97. The number of urea groups is 1. The summed E-state index contributed by atoms with van der Waals surface area (Å²) in [7, 11) is 1.80. The Labute approximate surface area is 194 Å². The molecule has 0 bridgehead atoms. The third kappa shape index (κ3) is 4.35. The topological polar surface area (TPSA) is 95.1 Å². The second-order valence-electron chi connectivity index (χ2n) is 8.17. The number of likely N-dealkylation sites (tertiary alicyclic amines) is 1. The van der Waals surface area contributed by atoms with Crippen molar-refractivity contribution in [2.45, 2.75) is 37.6 Å². The van der Waals surface area contributed by atoms with Crippen LogP contribution in [0.5, 0.6) is 5.75 Å². The Morgan fingerprint density at radius 2 is 2.00 bits per heavy atom. The zero-order valence-corrected chi connectivity index (χ0v) is 19.8. The van der Waals surface area contributed by atoms with E-state index in [1.165, 1.54) is 5.56 Å². The maximum Gasteiger partial charge on any atom is 0.322 e. The van der Waals surface area contributed by atoms with Gasteiger partial charge in [-0.2, -0.15) is 0 Å². The highest BCUT2D eigenvalue weighted by Gasteiger charge is 2.48. The lowest BCUT2D eigenvalue weighted by Crippen LogP contribution is -2.55. The molecule has 3 N–H and O–H groups in total. The predicted octanol–water partition coefficient (Wildman–Crippen LogP) is 2.06. The van der Waals surface area contributed by atoms with Crippen LogP contribution in [0.1, 0.15) is 37.7 Å². The van der Waals surface area contributed by atoms with Gasteiger partial charge in [0.2, 0.25) is 0 Å². The van der Waals surface area contributed by atoms with Crippen LogP contribution in [-0.2, 0) is 4.79 Å². The molecule has 3 heterocycles. The van der Waals surface area contributed by atoms with Gasteiger partial charge in [0.25, 0.3) is 5.91 Å². The summed E-state index contributed by atoms with van der Waals surface area (Å²) in [5, 5.41) is 8.71. The fourth-order valence-corrected chi connectivity index (χ4v) is 4.69. The Bertz CT molecular complexity index is 825. The number of carbonyl (C=O) groups is 2. The molecule has 0 spiro atoms. The number of guanidine groups is 1. The number of benzene rings is 1. The number of nitrogens with one attached hydrogen (secondary N) is 3. The van der Waals surface area contributed by atoms with Gasteiger partial charge in [-0.25, -0.2) is 4.79 Å². The maximum absolute atomic E-state index is 12.2. The van der Waals surface area contributed by atoms with Crippen LogP contribution in [0.25, 0.3) is 0 Å². The lowest BCUT2D eigenvalue weighted by molar-refractivity contribution is -0.125. The van der Waals surface area contributed by atoms with Crippen molar-refractivity contribution in [3.05, 3.63) is 29.8 Å². The number of rotatable bonds is 3. The van der Waals surface area contributed by atoms with E-state index in [9.17, 15) is 9.59 Å². The average Bonchev–Trinajstić information content (AvgIpc) is 3.01. The summed E-state index contributed by atoms with van der Waals surface area (Å²) >= 11 is 0. The molecule has 30 heavy (non-hydrogen) atoms. The second kappa shape index (κ2) is 9.40. The number of halogens is 1. The molecule has 0 saturated carbocycles. The minimum absolute atomic E-state index is 0. The molecule has 4 rings (SSSR count). The normalized spacial score (nSPS) is 26.8. The van der Waals surface area contributed by atoms with Crippen LogP contribution in [0.3, 0.4) is 0 Å². The molecule has 9 heteroatoms. The van der Waals surface area contributed by atoms with Gasteiger partial charge in [-0.3, -0.25) is 15.1 Å². The van der Waals surface area contributed by atoms with Crippen LogP contribution in [0, 0.1) is 5.92 Å². The highest BCUT2D eigenvalue weighted by Crippen LogP contribution is 2.33. The van der Waals surface area contributed by atoms with Gasteiger partial charge in [-0.15, -0.1) is 24.0 Å². The lowest BCUT2D eigenvalue weighted by atomic mass is 9.79. The van der Waals surface area contributed by atoms with Gasteiger partial charge in [0.05, 0.1) is 6.61 Å². The van der Waals surface area contributed by atoms with Crippen molar-refractivity contribution in [1.82, 2.24) is 20.9 Å². The van der Waals surface area contributed by atoms with E-state index in [1.54, 1.807) is 7.05 Å². The monoisotopic (exact) mass is 527 g/mol. The van der Waals surface area contributed by atoms with Gasteiger partial charge in [-0.05, 0) is 43.7 Å². The third-order valence-corrected chi connectivity index (χ3v) is 6.48. The van der Waals surface area contributed by atoms with Crippen molar-refractivity contribution in [1.29, 1.82) is 0 Å². The van der Waals surface area contributed by atoms with Crippen molar-refractivity contribution in [3.8, 4) is 5.75 Å². The minimum atomic E-state index is -0.814. The fraction of sp³-hybridized carbons (Fsp3) is 0.571. The van der Waals surface area contributed by atoms with Gasteiger partial charge >= 0.3 is 6.03 Å². The number of hydrogen-bond acceptors (Lipinski definition) is 4. The summed E-state index contributed by atoms with van der Waals surface area (Å²) < 4.78 is 5.76. The molecule has 3 amide bonds. The SMILES string of the molecule is CN=C(NCC1CCOc2ccccc21)N1CCC(C2(C)NC(=O)NC2=O)CC1.I. The van der Waals surface area contributed by atoms with E-state index >= 15 is 0 Å². The number of amides is 3. The summed E-state index contributed by atoms with van der Waals surface area (Å²) in [6, 6.07) is 7.83. The smallest absolute Gasteiger partial charge is 0.322 e. The molecule has 0 aromatic heterocycles. The molecule has 1 aromatic carbocycles. The second-order valence-corrected chi connectivity index (χ2v) is 8.17. The third-order valence-electron chi connectivity index (χ3n) is 6.48. The van der Waals surface area contributed by atoms with Crippen LogP contribution < -0.4 is 20.7 Å². The number of piperidine rings is 1. The van der Waals surface area contributed by atoms with E-state index in [-0.39, 0.29) is 35.8 Å². The Hall–Kier alpha value is -2.04. The predicted molar refractivity (Wildman–Crippen MR) is 125 cm³/mol. The molecule has 2 atom stereocenters. The molecule has 8 nitrogen and oxygen atoms in total. The van der Waals surface area contributed by atoms with Crippen LogP contribution in [0.4, 0.5) is 4.79 Å². The van der Waals surface area contributed by atoms with Gasteiger partial charge in [-0.1, -0.05) is 18.2 Å². The molecule has 3 aliphatic heterocycles. The molecular formula is C21H30IN5O3. The van der Waals surface area contributed by atoms with Gasteiger partial charge in [0.15, 0.2) is 5.96 Å². The number of nitrogens with zero attached hydrogens (tertiary/aromatic N) is 2. The van der Waals surface area contributed by atoms with Crippen LogP contribution in [0.15, 0.2) is 29.3 Å². The fourth-order valence-electron chi connectivity index (χ4n) is 4.69. The zero-order chi connectivity index (χ0) is 20.4. The highest BCUT2D eigenvalue weighted by atomic mass is 127. The first-order valence-electron chi connectivity index (χ1n) is 10.3. The number of carbonyl (C=O) groups excluding carboxylic acids is 2. The first kappa shape index (κ1) is 22.6. The van der Waals surface area contributed by atoms with Crippen LogP contribution >= 0.6 is 24.0 Å². The van der Waals surface area contributed by atoms with E-state index in [0.29, 0.717) is 5.92 Å². The standard InChI is InChI=1S/C21H29N5O3.HI/c1-21(18(27)24-20(28)25-21)15-7-10-26(11-8-15)19(22-2)23-13-14-9-12-29-17-6-4-3-5-16(14)17;/h3-6,14-15H,7-13H2,1-2H3,(H,22,23)(H2,24,25,27,28);1H. The van der Waals surface area contributed by atoms with Crippen LogP contribution in [-0.4, -0.2) is 61.6 Å². The number of imide groups is 1. The number of hydrogen-bond donors (Lipinski definition) is 3. The number of fused-ring (bicyclic) bond motifs is 1. The first-order chi connectivity index (χ1) is 14.0. The van der Waals surface area contributed by atoms with Crippen molar-refractivity contribution < 1.29 is 14.3 Å². The van der Waals surface area contributed by atoms with E-state index in [4.69, 9.17) is 4.74 Å². The largest absolute Gasteiger partial charge is 0.493 e. The van der Waals surface area contributed by atoms with E-state index < -0.39 is 11.6 Å². The van der Waals surface area contributed by atoms with Crippen molar-refractivity contribution in [3.63, 3.8) is 0 Å². The zero-order valence-electron chi connectivity index (χ0n) is 17.4. The Kier molecular flexibility index (Phi) is 7.10. The lowest BCUT2D eigenvalue weighted by Gasteiger charge is -2.40. The van der Waals surface area contributed by atoms with E-state index in [0.717, 1.165) is 57.2 Å². The molecule has 0 aliphatic carbocycles. The Balaban J connectivity index is 0.00000256. The highest BCUT2D eigenvalue weighted by molar-refractivity contribution is 14.0. The molecule has 2 saturated heterocycles. The van der Waals surface area contributed by atoms with Gasteiger partial charge < -0.3 is 20.3 Å². The van der Waals surface area contributed by atoms with Gasteiger partial charge in [0.1, 0.15) is 11.3 Å². The molecule has 0 radical (unpaired) electrons. The molecule has 2 fully saturated rings. The number of ether oxygens (including phenoxy) is 1. The summed E-state index contributed by atoms with van der Waals surface area (Å²) in [5.41, 5.74) is 0.433. The molecule has 3 aliphatic rings. The summed E-state index contributed by atoms with van der Waals surface area (Å²) in [5.74, 6) is 2.15. The van der Waals surface area contributed by atoms with Gasteiger partial charge in [0, 0.05) is 32.6 Å². The van der Waals surface area contributed by atoms with Crippen LogP contribution in [0.2, 0.25) is 0 Å². The number of para-hydroxylation sites is 1. The van der Waals surface area contributed by atoms with Crippen molar-refractivity contribution >= 4 is 41.9 Å². The first-order valence-corrected chi connectivity index (χ1v) is 10.3. The van der Waals surface area contributed by atoms with Crippen molar-refractivity contribution in [2.24, 2.45) is 10.9 Å². The number of aliphatic imine (C=N–C) groups is 1. The molecular weight excluding hydrogens is 497 g/mol.